The Hall–Kier alpha value is -2.80. The van der Waals surface area contributed by atoms with Crippen molar-refractivity contribution in [2.45, 2.75) is 25.4 Å². The van der Waals surface area contributed by atoms with Gasteiger partial charge in [0.1, 0.15) is 5.75 Å². The summed E-state index contributed by atoms with van der Waals surface area (Å²) >= 11 is 3.41. The number of esters is 1. The molecule has 0 atom stereocenters. The fourth-order valence-corrected chi connectivity index (χ4v) is 3.65. The molecule has 1 saturated carbocycles. The summed E-state index contributed by atoms with van der Waals surface area (Å²) in [5, 5.41) is 0.758. The second kappa shape index (κ2) is 8.29. The number of hydrogen-bond acceptors (Lipinski definition) is 4. The molecule has 0 unspecified atom stereocenters. The monoisotopic (exact) mass is 456 g/mol. The maximum Gasteiger partial charge on any atom is 0.340 e. The molecule has 1 amide bonds. The molecule has 150 valence electrons. The van der Waals surface area contributed by atoms with E-state index in [4.69, 9.17) is 9.47 Å². The normalized spacial score (nSPS) is 13.3. The van der Waals surface area contributed by atoms with Gasteiger partial charge in [-0.15, -0.1) is 0 Å². The highest BCUT2D eigenvalue weighted by molar-refractivity contribution is 9.10. The summed E-state index contributed by atoms with van der Waals surface area (Å²) in [6.07, 6.45) is 3.57. The predicted molar refractivity (Wildman–Crippen MR) is 113 cm³/mol. The molecule has 1 N–H and O–H groups in total. The van der Waals surface area contributed by atoms with E-state index in [1.165, 1.54) is 0 Å². The fraction of sp³-hybridized carbons (Fsp3) is 0.273. The third-order valence-electron chi connectivity index (χ3n) is 5.01. The quantitative estimate of drug-likeness (QED) is 0.538. The first-order valence-corrected chi connectivity index (χ1v) is 10.2. The molecule has 0 spiro atoms. The zero-order valence-electron chi connectivity index (χ0n) is 16.0. The Morgan fingerprint density at radius 1 is 1.17 bits per heavy atom. The Kier molecular flexibility index (Phi) is 5.58. The number of nitrogens with one attached hydrogen (secondary N) is 1. The summed E-state index contributed by atoms with van der Waals surface area (Å²) in [5.74, 6) is 0.0814. The van der Waals surface area contributed by atoms with Crippen molar-refractivity contribution in [3.05, 3.63) is 64.3 Å². The van der Waals surface area contributed by atoms with Gasteiger partial charge in [0, 0.05) is 34.2 Å². The van der Waals surface area contributed by atoms with Gasteiger partial charge in [0.05, 0.1) is 12.7 Å². The number of nitrogens with zero attached hydrogens (tertiary/aromatic N) is 1. The number of ether oxygens (including phenoxy) is 2. The van der Waals surface area contributed by atoms with Crippen LogP contribution < -0.4 is 4.74 Å². The number of rotatable bonds is 7. The topological polar surface area (TPSA) is 71.6 Å². The van der Waals surface area contributed by atoms with Crippen LogP contribution in [0.4, 0.5) is 0 Å². The van der Waals surface area contributed by atoms with Crippen LogP contribution in [0.1, 0.15) is 28.8 Å². The predicted octanol–water partition coefficient (Wildman–Crippen LogP) is 4.29. The molecule has 0 radical (unpaired) electrons. The molecule has 3 aromatic rings. The maximum absolute atomic E-state index is 12.8. The molecule has 1 aliphatic rings. The number of aromatic amines is 1. The van der Waals surface area contributed by atoms with E-state index in [0.29, 0.717) is 12.1 Å². The number of carbonyl (C=O) groups excluding carboxylic acids is 2. The lowest BCUT2D eigenvalue weighted by molar-refractivity contribution is -0.135. The molecule has 1 aromatic heterocycles. The van der Waals surface area contributed by atoms with Crippen LogP contribution in [0.5, 0.6) is 5.75 Å². The highest BCUT2D eigenvalue weighted by Crippen LogP contribution is 2.29. The molecule has 1 aliphatic carbocycles. The van der Waals surface area contributed by atoms with Gasteiger partial charge in [0.2, 0.25) is 0 Å². The van der Waals surface area contributed by atoms with Crippen molar-refractivity contribution in [2.75, 3.05) is 13.7 Å². The van der Waals surface area contributed by atoms with Gasteiger partial charge in [0.15, 0.2) is 6.61 Å². The van der Waals surface area contributed by atoms with Gasteiger partial charge < -0.3 is 19.4 Å². The SMILES string of the molecule is COc1ccc(CN(C(=O)COC(=O)c2c[nH]c3ccc(Br)cc23)C2CC2)cc1. The molecule has 1 fully saturated rings. The molecule has 6 nitrogen and oxygen atoms in total. The third-order valence-corrected chi connectivity index (χ3v) is 5.50. The molecule has 0 aliphatic heterocycles. The van der Waals surface area contributed by atoms with E-state index >= 15 is 0 Å². The molecular weight excluding hydrogens is 436 g/mol. The van der Waals surface area contributed by atoms with E-state index < -0.39 is 5.97 Å². The van der Waals surface area contributed by atoms with Gasteiger partial charge in [-0.1, -0.05) is 28.1 Å². The molecule has 29 heavy (non-hydrogen) atoms. The highest BCUT2D eigenvalue weighted by Gasteiger charge is 2.33. The van der Waals surface area contributed by atoms with Crippen LogP contribution in [0, 0.1) is 0 Å². The number of fused-ring (bicyclic) bond motifs is 1. The average molecular weight is 457 g/mol. The fourth-order valence-electron chi connectivity index (χ4n) is 3.28. The van der Waals surface area contributed by atoms with Crippen LogP contribution >= 0.6 is 15.9 Å². The molecule has 7 heteroatoms. The zero-order chi connectivity index (χ0) is 20.4. The molecule has 4 rings (SSSR count). The first kappa shape index (κ1) is 19.5. The van der Waals surface area contributed by atoms with Gasteiger partial charge in [-0.3, -0.25) is 4.79 Å². The highest BCUT2D eigenvalue weighted by atomic mass is 79.9. The van der Waals surface area contributed by atoms with E-state index in [0.717, 1.165) is 39.5 Å². The number of aromatic nitrogens is 1. The van der Waals surface area contributed by atoms with Crippen molar-refractivity contribution < 1.29 is 19.1 Å². The summed E-state index contributed by atoms with van der Waals surface area (Å²) in [4.78, 5) is 30.1. The minimum absolute atomic E-state index is 0.183. The Morgan fingerprint density at radius 2 is 1.93 bits per heavy atom. The van der Waals surface area contributed by atoms with Gasteiger partial charge >= 0.3 is 5.97 Å². The second-order valence-electron chi connectivity index (χ2n) is 7.07. The summed E-state index contributed by atoms with van der Waals surface area (Å²) in [7, 11) is 1.62. The van der Waals surface area contributed by atoms with E-state index in [9.17, 15) is 9.59 Å². The minimum Gasteiger partial charge on any atom is -0.497 e. The van der Waals surface area contributed by atoms with E-state index in [2.05, 4.69) is 20.9 Å². The van der Waals surface area contributed by atoms with Crippen molar-refractivity contribution >= 4 is 38.7 Å². The molecule has 0 saturated heterocycles. The smallest absolute Gasteiger partial charge is 0.340 e. The number of H-pyrrole nitrogens is 1. The van der Waals surface area contributed by atoms with Gasteiger partial charge in [0.25, 0.3) is 5.91 Å². The Bertz CT molecular complexity index is 1040. The minimum atomic E-state index is -0.511. The lowest BCUT2D eigenvalue weighted by Crippen LogP contribution is -2.36. The van der Waals surface area contributed by atoms with Gasteiger partial charge in [-0.05, 0) is 48.7 Å². The van der Waals surface area contributed by atoms with Crippen LogP contribution in [0.2, 0.25) is 0 Å². The molecule has 0 bridgehead atoms. The number of halogens is 1. The lowest BCUT2D eigenvalue weighted by atomic mass is 10.2. The number of amides is 1. The first-order chi connectivity index (χ1) is 14.0. The summed E-state index contributed by atoms with van der Waals surface area (Å²) < 4.78 is 11.4. The number of carbonyl (C=O) groups is 2. The van der Waals surface area contributed by atoms with Crippen LogP contribution in [0.15, 0.2) is 53.1 Å². The maximum atomic E-state index is 12.8. The van der Waals surface area contributed by atoms with Crippen molar-refractivity contribution in [1.82, 2.24) is 9.88 Å². The number of hydrogen-bond donors (Lipinski definition) is 1. The summed E-state index contributed by atoms with van der Waals surface area (Å²) in [5.41, 5.74) is 2.27. The van der Waals surface area contributed by atoms with E-state index in [1.54, 1.807) is 18.2 Å². The Labute approximate surface area is 176 Å². The van der Waals surface area contributed by atoms with E-state index in [1.807, 2.05) is 42.5 Å². The Morgan fingerprint density at radius 3 is 2.62 bits per heavy atom. The van der Waals surface area contributed by atoms with Gasteiger partial charge in [-0.25, -0.2) is 4.79 Å². The standard InChI is InChI=1S/C22H21BrN2O4/c1-28-17-7-2-14(3-8-17)12-25(16-5-6-16)21(26)13-29-22(27)19-11-24-20-9-4-15(23)10-18(19)20/h2-4,7-11,16,24H,5-6,12-13H2,1H3. The van der Waals surface area contributed by atoms with Crippen LogP contribution in [0.25, 0.3) is 10.9 Å². The van der Waals surface area contributed by atoms with Crippen molar-refractivity contribution in [3.63, 3.8) is 0 Å². The number of methoxy groups -OCH3 is 1. The van der Waals surface area contributed by atoms with Crippen LogP contribution in [-0.2, 0) is 16.1 Å². The zero-order valence-corrected chi connectivity index (χ0v) is 17.6. The first-order valence-electron chi connectivity index (χ1n) is 9.41. The number of benzene rings is 2. The average Bonchev–Trinajstić information content (AvgIpc) is 3.49. The van der Waals surface area contributed by atoms with E-state index in [-0.39, 0.29) is 18.6 Å². The third kappa shape index (κ3) is 4.45. The van der Waals surface area contributed by atoms with Crippen LogP contribution in [-0.4, -0.2) is 41.5 Å². The molecular formula is C22H21BrN2O4. The molecule has 1 heterocycles. The lowest BCUT2D eigenvalue weighted by Gasteiger charge is -2.22. The van der Waals surface area contributed by atoms with Crippen molar-refractivity contribution in [1.29, 1.82) is 0 Å². The second-order valence-corrected chi connectivity index (χ2v) is 7.98. The van der Waals surface area contributed by atoms with Crippen molar-refractivity contribution in [3.8, 4) is 5.75 Å². The summed E-state index contributed by atoms with van der Waals surface area (Å²) in [6.45, 7) is 0.219. The molecule has 2 aromatic carbocycles. The summed E-state index contributed by atoms with van der Waals surface area (Å²) in [6, 6.07) is 13.5. The largest absolute Gasteiger partial charge is 0.497 e. The van der Waals surface area contributed by atoms with Gasteiger partial charge in [-0.2, -0.15) is 0 Å². The van der Waals surface area contributed by atoms with Crippen LogP contribution in [0.3, 0.4) is 0 Å². The Balaban J connectivity index is 1.41. The van der Waals surface area contributed by atoms with Crippen molar-refractivity contribution in [2.24, 2.45) is 0 Å².